The molecule has 0 spiro atoms. The van der Waals surface area contributed by atoms with Crippen LogP contribution < -0.4 is 0 Å². The van der Waals surface area contributed by atoms with E-state index in [4.69, 9.17) is 9.47 Å². The van der Waals surface area contributed by atoms with Gasteiger partial charge in [-0.2, -0.15) is 0 Å². The van der Waals surface area contributed by atoms with Crippen molar-refractivity contribution in [3.63, 3.8) is 0 Å². The molecule has 2 aliphatic rings. The topological polar surface area (TPSA) is 18.5 Å². The van der Waals surface area contributed by atoms with Gasteiger partial charge in [-0.05, 0) is 149 Å². The Morgan fingerprint density at radius 1 is 0.473 bits per heavy atom. The van der Waals surface area contributed by atoms with Crippen LogP contribution in [0.15, 0.2) is 106 Å². The summed E-state index contributed by atoms with van der Waals surface area (Å²) in [5.41, 5.74) is 15.9. The van der Waals surface area contributed by atoms with Crippen molar-refractivity contribution >= 4 is 31.9 Å². The largest absolute Gasteiger partial charge is 0.382 e. The Bertz CT molecular complexity index is 2010. The van der Waals surface area contributed by atoms with Gasteiger partial charge in [0.25, 0.3) is 0 Å². The Labute approximate surface area is 347 Å². The van der Waals surface area contributed by atoms with E-state index in [1.54, 1.807) is 0 Å². The molecule has 2 aliphatic carbocycles. The Balaban J connectivity index is 1.39. The molecule has 0 aliphatic heterocycles. The second kappa shape index (κ2) is 18.1. The molecule has 288 valence electrons. The molecule has 0 radical (unpaired) electrons. The second-order valence-corrected chi connectivity index (χ2v) is 17.7. The molecular formula is C51H58Br2O2. The predicted molar refractivity (Wildman–Crippen MR) is 239 cm³/mol. The van der Waals surface area contributed by atoms with Crippen molar-refractivity contribution in [1.82, 2.24) is 0 Å². The Morgan fingerprint density at radius 3 is 1.49 bits per heavy atom. The Morgan fingerprint density at radius 2 is 0.927 bits per heavy atom. The van der Waals surface area contributed by atoms with Crippen LogP contribution in [0, 0.1) is 0 Å². The molecule has 5 aromatic rings. The summed E-state index contributed by atoms with van der Waals surface area (Å²) in [6, 6.07) is 38.3. The summed E-state index contributed by atoms with van der Waals surface area (Å²) in [7, 11) is 0. The van der Waals surface area contributed by atoms with E-state index in [1.165, 1.54) is 105 Å². The summed E-state index contributed by atoms with van der Waals surface area (Å²) in [6.45, 7) is 12.1. The fourth-order valence-electron chi connectivity index (χ4n) is 9.58. The molecular weight excluding hydrogens is 804 g/mol. The van der Waals surface area contributed by atoms with Crippen LogP contribution in [-0.2, 0) is 33.1 Å². The molecule has 5 aromatic carbocycles. The lowest BCUT2D eigenvalue weighted by Crippen LogP contribution is -2.29. The number of halogens is 2. The summed E-state index contributed by atoms with van der Waals surface area (Å²) in [4.78, 5) is 0. The Hall–Kier alpha value is -3.02. The minimum atomic E-state index is -0.481. The van der Waals surface area contributed by atoms with Gasteiger partial charge in [0, 0.05) is 40.8 Å². The molecule has 7 rings (SSSR count). The zero-order valence-corrected chi connectivity index (χ0v) is 36.6. The molecule has 0 saturated carbocycles. The van der Waals surface area contributed by atoms with Crippen LogP contribution in [0.2, 0.25) is 0 Å². The van der Waals surface area contributed by atoms with Crippen molar-refractivity contribution in [2.45, 2.75) is 109 Å². The van der Waals surface area contributed by atoms with E-state index in [9.17, 15) is 0 Å². The zero-order chi connectivity index (χ0) is 38.4. The maximum absolute atomic E-state index is 5.68. The molecule has 4 heteroatoms. The van der Waals surface area contributed by atoms with Gasteiger partial charge in [0.15, 0.2) is 0 Å². The van der Waals surface area contributed by atoms with Gasteiger partial charge in [-0.1, -0.05) is 145 Å². The lowest BCUT2D eigenvalue weighted by atomic mass is 9.67. The van der Waals surface area contributed by atoms with Crippen molar-refractivity contribution in [2.75, 3.05) is 26.4 Å². The number of hydrogen-bond donors (Lipinski definition) is 0. The average molecular weight is 863 g/mol. The summed E-state index contributed by atoms with van der Waals surface area (Å²) < 4.78 is 13.6. The van der Waals surface area contributed by atoms with Gasteiger partial charge >= 0.3 is 0 Å². The van der Waals surface area contributed by atoms with E-state index in [-0.39, 0.29) is 5.41 Å². The molecule has 0 amide bonds. The van der Waals surface area contributed by atoms with Gasteiger partial charge in [-0.15, -0.1) is 0 Å². The maximum atomic E-state index is 5.68. The third-order valence-electron chi connectivity index (χ3n) is 12.4. The van der Waals surface area contributed by atoms with E-state index >= 15 is 0 Å². The highest BCUT2D eigenvalue weighted by Gasteiger charge is 2.49. The van der Waals surface area contributed by atoms with Crippen LogP contribution in [0.5, 0.6) is 0 Å². The number of rotatable bonds is 19. The molecule has 0 fully saturated rings. The molecule has 0 heterocycles. The molecule has 1 unspecified atom stereocenters. The minimum absolute atomic E-state index is 0.0543. The van der Waals surface area contributed by atoms with E-state index in [1.807, 2.05) is 0 Å². The summed E-state index contributed by atoms with van der Waals surface area (Å²) in [5, 5.41) is 0. The van der Waals surface area contributed by atoms with E-state index in [0.29, 0.717) is 0 Å². The third-order valence-corrected chi connectivity index (χ3v) is 13.4. The summed E-state index contributed by atoms with van der Waals surface area (Å²) in [6.07, 6.45) is 13.1. The van der Waals surface area contributed by atoms with Gasteiger partial charge in [0.05, 0.1) is 5.41 Å². The molecule has 2 nitrogen and oxygen atoms in total. The highest BCUT2D eigenvalue weighted by Crippen LogP contribution is 2.61. The standard InChI is InChI=1S/C51H58Br2O2/c1-5-8-9-10-11-12-29-50(4)46-32-40(52)25-27-42(46)44-35-49-45(34-47(44)50)43-28-26-41(53)33-48(43)51(49,38-21-17-36(18-22-38)15-13-30-54-6-2)39-23-19-37(20-24-39)16-14-31-55-7-3/h17-28,32-35H,5-16,29-31H2,1-4H3. The van der Waals surface area contributed by atoms with Crippen LogP contribution in [0.1, 0.15) is 130 Å². The van der Waals surface area contributed by atoms with Crippen LogP contribution in [0.3, 0.4) is 0 Å². The lowest BCUT2D eigenvalue weighted by molar-refractivity contribution is 0.145. The van der Waals surface area contributed by atoms with Crippen LogP contribution in [0.4, 0.5) is 0 Å². The van der Waals surface area contributed by atoms with Crippen LogP contribution in [0.25, 0.3) is 22.3 Å². The quantitative estimate of drug-likeness (QED) is 0.0756. The highest BCUT2D eigenvalue weighted by atomic mass is 79.9. The maximum Gasteiger partial charge on any atom is 0.0714 e. The van der Waals surface area contributed by atoms with Crippen molar-refractivity contribution in [2.24, 2.45) is 0 Å². The molecule has 0 aromatic heterocycles. The smallest absolute Gasteiger partial charge is 0.0714 e. The fourth-order valence-corrected chi connectivity index (χ4v) is 10.3. The van der Waals surface area contributed by atoms with Gasteiger partial charge in [0.2, 0.25) is 0 Å². The second-order valence-electron chi connectivity index (χ2n) is 15.9. The van der Waals surface area contributed by atoms with Gasteiger partial charge in [-0.25, -0.2) is 0 Å². The van der Waals surface area contributed by atoms with Crippen molar-refractivity contribution in [3.05, 3.63) is 151 Å². The first-order valence-electron chi connectivity index (χ1n) is 21.0. The number of benzene rings is 5. The average Bonchev–Trinajstić information content (AvgIpc) is 3.61. The molecule has 0 saturated heterocycles. The highest BCUT2D eigenvalue weighted by molar-refractivity contribution is 9.10. The number of ether oxygens (including phenoxy) is 2. The number of fused-ring (bicyclic) bond motifs is 6. The summed E-state index contributed by atoms with van der Waals surface area (Å²) >= 11 is 7.81. The predicted octanol–water partition coefficient (Wildman–Crippen LogP) is 14.5. The van der Waals surface area contributed by atoms with Gasteiger partial charge in [0.1, 0.15) is 0 Å². The van der Waals surface area contributed by atoms with Crippen molar-refractivity contribution < 1.29 is 9.47 Å². The van der Waals surface area contributed by atoms with Crippen LogP contribution in [-0.4, -0.2) is 26.4 Å². The van der Waals surface area contributed by atoms with E-state index in [0.717, 1.165) is 67.5 Å². The SMILES string of the molecule is CCCCCCCCC1(C)c2cc(Br)ccc2-c2cc3c(cc21)-c1ccc(Br)cc1C3(c1ccc(CCCOCC)cc1)c1ccc(CCCOCC)cc1. The normalized spacial score (nSPS) is 16.2. The van der Waals surface area contributed by atoms with E-state index in [2.05, 4.69) is 157 Å². The zero-order valence-electron chi connectivity index (χ0n) is 33.4. The molecule has 1 atom stereocenters. The first-order chi connectivity index (χ1) is 26.8. The molecule has 0 N–H and O–H groups in total. The Kier molecular flexibility index (Phi) is 13.2. The number of unbranched alkanes of at least 4 members (excludes halogenated alkanes) is 5. The molecule has 55 heavy (non-hydrogen) atoms. The van der Waals surface area contributed by atoms with Gasteiger partial charge < -0.3 is 9.47 Å². The van der Waals surface area contributed by atoms with E-state index < -0.39 is 5.41 Å². The first-order valence-corrected chi connectivity index (χ1v) is 22.6. The fraction of sp³-hybridized carbons (Fsp3) is 0.412. The van der Waals surface area contributed by atoms with Crippen LogP contribution >= 0.6 is 31.9 Å². The van der Waals surface area contributed by atoms with Gasteiger partial charge in [-0.3, -0.25) is 0 Å². The van der Waals surface area contributed by atoms with Crippen molar-refractivity contribution in [3.8, 4) is 22.3 Å². The minimum Gasteiger partial charge on any atom is -0.382 e. The first kappa shape index (κ1) is 40.2. The lowest BCUT2D eigenvalue weighted by Gasteiger charge is -2.35. The monoisotopic (exact) mass is 860 g/mol. The number of aryl methyl sites for hydroxylation is 2. The summed E-state index contributed by atoms with van der Waals surface area (Å²) in [5.74, 6) is 0. The molecule has 0 bridgehead atoms. The third kappa shape index (κ3) is 7.96. The van der Waals surface area contributed by atoms with Crippen molar-refractivity contribution in [1.29, 1.82) is 0 Å². The number of hydrogen-bond acceptors (Lipinski definition) is 2.